The lowest BCUT2D eigenvalue weighted by Gasteiger charge is -2.12. The van der Waals surface area contributed by atoms with E-state index in [-0.39, 0.29) is 11.7 Å². The van der Waals surface area contributed by atoms with Crippen molar-refractivity contribution in [2.45, 2.75) is 33.6 Å². The highest BCUT2D eigenvalue weighted by Crippen LogP contribution is 2.35. The van der Waals surface area contributed by atoms with Gasteiger partial charge in [0.25, 0.3) is 0 Å². The maximum Gasteiger partial charge on any atom is 0.162 e. The Morgan fingerprint density at radius 1 is 1.57 bits per heavy atom. The van der Waals surface area contributed by atoms with Gasteiger partial charge in [-0.1, -0.05) is 18.6 Å². The van der Waals surface area contributed by atoms with Gasteiger partial charge in [0.05, 0.1) is 6.26 Å². The van der Waals surface area contributed by atoms with E-state index in [9.17, 15) is 4.79 Å². The molecule has 2 heteroatoms. The molecule has 1 fully saturated rings. The van der Waals surface area contributed by atoms with Gasteiger partial charge in [0.1, 0.15) is 0 Å². The number of hydrogen-bond donors (Lipinski definition) is 1. The molecule has 0 aromatic heterocycles. The first-order valence-corrected chi connectivity index (χ1v) is 5.07. The molecule has 1 aliphatic carbocycles. The monoisotopic (exact) mass is 194 g/mol. The molecule has 0 amide bonds. The highest BCUT2D eigenvalue weighted by molar-refractivity contribution is 5.98. The average Bonchev–Trinajstić information content (AvgIpc) is 2.38. The van der Waals surface area contributed by atoms with E-state index in [4.69, 9.17) is 5.11 Å². The predicted octanol–water partition coefficient (Wildman–Crippen LogP) is 3.01. The van der Waals surface area contributed by atoms with Gasteiger partial charge in [-0.15, -0.1) is 0 Å². The van der Waals surface area contributed by atoms with Gasteiger partial charge >= 0.3 is 0 Å². The molecular weight excluding hydrogens is 176 g/mol. The first-order chi connectivity index (χ1) is 6.56. The second-order valence-corrected chi connectivity index (χ2v) is 4.28. The molecule has 0 saturated heterocycles. The summed E-state index contributed by atoms with van der Waals surface area (Å²) in [6.45, 7) is 6.13. The van der Waals surface area contributed by atoms with Gasteiger partial charge in [0.2, 0.25) is 0 Å². The number of ketones is 1. The van der Waals surface area contributed by atoms with Crippen LogP contribution in [0.15, 0.2) is 23.5 Å². The van der Waals surface area contributed by atoms with Crippen LogP contribution in [0.3, 0.4) is 0 Å². The highest BCUT2D eigenvalue weighted by Gasteiger charge is 2.33. The zero-order valence-electron chi connectivity index (χ0n) is 9.08. The van der Waals surface area contributed by atoms with Crippen molar-refractivity contribution < 1.29 is 9.90 Å². The van der Waals surface area contributed by atoms with E-state index in [2.05, 4.69) is 19.9 Å². The predicted molar refractivity (Wildman–Crippen MR) is 57.0 cm³/mol. The summed E-state index contributed by atoms with van der Waals surface area (Å²) in [5.41, 5.74) is 1.88. The molecule has 78 valence electrons. The van der Waals surface area contributed by atoms with E-state index in [1.165, 1.54) is 5.57 Å². The third-order valence-corrected chi connectivity index (χ3v) is 2.94. The van der Waals surface area contributed by atoms with Gasteiger partial charge in [-0.3, -0.25) is 4.79 Å². The quantitative estimate of drug-likeness (QED) is 0.417. The van der Waals surface area contributed by atoms with E-state index in [0.29, 0.717) is 17.9 Å². The van der Waals surface area contributed by atoms with Crippen molar-refractivity contribution in [1.29, 1.82) is 0 Å². The summed E-state index contributed by atoms with van der Waals surface area (Å²) in [4.78, 5) is 11.4. The lowest BCUT2D eigenvalue weighted by Crippen LogP contribution is -2.04. The third-order valence-electron chi connectivity index (χ3n) is 2.94. The van der Waals surface area contributed by atoms with Crippen LogP contribution in [0.4, 0.5) is 0 Å². The Hall–Kier alpha value is -1.05. The van der Waals surface area contributed by atoms with Crippen molar-refractivity contribution in [3.8, 4) is 0 Å². The van der Waals surface area contributed by atoms with Gasteiger partial charge < -0.3 is 5.11 Å². The molecule has 2 unspecified atom stereocenters. The zero-order valence-corrected chi connectivity index (χ0v) is 9.08. The van der Waals surface area contributed by atoms with Crippen LogP contribution < -0.4 is 0 Å². The first kappa shape index (κ1) is 11.0. The first-order valence-electron chi connectivity index (χ1n) is 5.07. The van der Waals surface area contributed by atoms with Crippen LogP contribution in [0.5, 0.6) is 0 Å². The number of Topliss-reactive ketones (excluding diaryl/α,β-unsaturated/α-hetero) is 1. The third kappa shape index (κ3) is 2.25. The number of carbonyl (C=O) groups excluding carboxylic acids is 1. The van der Waals surface area contributed by atoms with Gasteiger partial charge in [0.15, 0.2) is 5.78 Å². The second-order valence-electron chi connectivity index (χ2n) is 4.28. The standard InChI is InChI=1S/C12H18O2/c1-8(2)4-5-10-6-12(14)11(7-13)9(10)3/h4,7,9-10,13H,5-6H2,1-3H3/b11-7-. The number of allylic oxidation sites excluding steroid dienone is 3. The fourth-order valence-electron chi connectivity index (χ4n) is 1.90. The maximum absolute atomic E-state index is 11.4. The Morgan fingerprint density at radius 3 is 2.64 bits per heavy atom. The van der Waals surface area contributed by atoms with Crippen LogP contribution in [0.2, 0.25) is 0 Å². The molecule has 0 heterocycles. The van der Waals surface area contributed by atoms with Gasteiger partial charge in [-0.25, -0.2) is 0 Å². The molecule has 14 heavy (non-hydrogen) atoms. The number of hydrogen-bond acceptors (Lipinski definition) is 2. The Balaban J connectivity index is 2.67. The van der Waals surface area contributed by atoms with Crippen LogP contribution in [-0.2, 0) is 4.79 Å². The van der Waals surface area contributed by atoms with Crippen molar-refractivity contribution in [3.63, 3.8) is 0 Å². The van der Waals surface area contributed by atoms with Crippen LogP contribution in [0, 0.1) is 11.8 Å². The van der Waals surface area contributed by atoms with Crippen LogP contribution >= 0.6 is 0 Å². The van der Waals surface area contributed by atoms with E-state index >= 15 is 0 Å². The van der Waals surface area contributed by atoms with Crippen LogP contribution in [-0.4, -0.2) is 10.9 Å². The number of rotatable bonds is 2. The fourth-order valence-corrected chi connectivity index (χ4v) is 1.90. The van der Waals surface area contributed by atoms with Crippen molar-refractivity contribution in [1.82, 2.24) is 0 Å². The Bertz CT molecular complexity index is 283. The molecule has 2 atom stereocenters. The van der Waals surface area contributed by atoms with Crippen molar-refractivity contribution in [2.75, 3.05) is 0 Å². The molecule has 1 N–H and O–H groups in total. The van der Waals surface area contributed by atoms with Crippen molar-refractivity contribution in [2.24, 2.45) is 11.8 Å². The van der Waals surface area contributed by atoms with Gasteiger partial charge in [0, 0.05) is 12.0 Å². The van der Waals surface area contributed by atoms with Crippen molar-refractivity contribution in [3.05, 3.63) is 23.5 Å². The molecule has 1 aliphatic rings. The van der Waals surface area contributed by atoms with E-state index in [1.807, 2.05) is 6.92 Å². The largest absolute Gasteiger partial charge is 0.515 e. The summed E-state index contributed by atoms with van der Waals surface area (Å²) in [6.07, 6.45) is 4.66. The smallest absolute Gasteiger partial charge is 0.162 e. The number of carbonyl (C=O) groups is 1. The summed E-state index contributed by atoms with van der Waals surface area (Å²) < 4.78 is 0. The summed E-state index contributed by atoms with van der Waals surface area (Å²) in [7, 11) is 0. The number of aliphatic hydroxyl groups is 1. The molecule has 0 aromatic carbocycles. The second kappa shape index (κ2) is 4.45. The van der Waals surface area contributed by atoms with Gasteiger partial charge in [-0.2, -0.15) is 0 Å². The Kier molecular flexibility index (Phi) is 3.50. The van der Waals surface area contributed by atoms with E-state index in [1.54, 1.807) is 0 Å². The summed E-state index contributed by atoms with van der Waals surface area (Å²) in [6, 6.07) is 0. The normalized spacial score (nSPS) is 29.6. The number of aliphatic hydroxyl groups excluding tert-OH is 1. The molecule has 2 nitrogen and oxygen atoms in total. The average molecular weight is 194 g/mol. The minimum absolute atomic E-state index is 0.104. The molecular formula is C12H18O2. The zero-order chi connectivity index (χ0) is 10.7. The van der Waals surface area contributed by atoms with Gasteiger partial charge in [-0.05, 0) is 32.1 Å². The molecule has 0 aromatic rings. The lowest BCUT2D eigenvalue weighted by molar-refractivity contribution is -0.114. The molecule has 1 rings (SSSR count). The van der Waals surface area contributed by atoms with E-state index in [0.717, 1.165) is 12.7 Å². The summed E-state index contributed by atoms with van der Waals surface area (Å²) in [5, 5.41) is 8.90. The molecule has 0 aliphatic heterocycles. The lowest BCUT2D eigenvalue weighted by atomic mass is 9.92. The SMILES string of the molecule is CC(C)=CCC1CC(=O)/C(=C\O)C1C. The molecule has 1 saturated carbocycles. The minimum atomic E-state index is 0.104. The minimum Gasteiger partial charge on any atom is -0.515 e. The Morgan fingerprint density at radius 2 is 2.21 bits per heavy atom. The summed E-state index contributed by atoms with van der Waals surface area (Å²) in [5.74, 6) is 0.672. The molecule has 0 bridgehead atoms. The molecule has 0 spiro atoms. The van der Waals surface area contributed by atoms with Crippen LogP contribution in [0.25, 0.3) is 0 Å². The highest BCUT2D eigenvalue weighted by atomic mass is 16.2. The summed E-state index contributed by atoms with van der Waals surface area (Å²) >= 11 is 0. The van der Waals surface area contributed by atoms with E-state index < -0.39 is 0 Å². The Labute approximate surface area is 85.3 Å². The fraction of sp³-hybridized carbons (Fsp3) is 0.583. The maximum atomic E-state index is 11.4. The van der Waals surface area contributed by atoms with Crippen LogP contribution in [0.1, 0.15) is 33.6 Å². The topological polar surface area (TPSA) is 37.3 Å². The van der Waals surface area contributed by atoms with Crippen molar-refractivity contribution >= 4 is 5.78 Å². The molecule has 0 radical (unpaired) electrons.